The molecule has 3 rings (SSSR count). The van der Waals surface area contributed by atoms with Crippen LogP contribution in [0, 0.1) is 0 Å². The number of methoxy groups -OCH3 is 1. The highest BCUT2D eigenvalue weighted by Crippen LogP contribution is 2.40. The zero-order valence-electron chi connectivity index (χ0n) is 11.2. The highest BCUT2D eigenvalue weighted by atomic mass is 35.5. The summed E-state index contributed by atoms with van der Waals surface area (Å²) in [5.74, 6) is 1.65. The molecule has 0 aliphatic carbocycles. The summed E-state index contributed by atoms with van der Waals surface area (Å²) in [5, 5.41) is 0.686. The van der Waals surface area contributed by atoms with E-state index in [0.717, 1.165) is 29.0 Å². The van der Waals surface area contributed by atoms with Gasteiger partial charge in [0.2, 0.25) is 0 Å². The fourth-order valence-electron chi connectivity index (χ4n) is 2.50. The third kappa shape index (κ3) is 2.47. The average molecular weight is 290 g/mol. The van der Waals surface area contributed by atoms with Crippen LogP contribution in [0.2, 0.25) is 5.02 Å². The van der Waals surface area contributed by atoms with Crippen molar-refractivity contribution in [2.45, 2.75) is 18.6 Å². The molecule has 0 bridgehead atoms. The van der Waals surface area contributed by atoms with Gasteiger partial charge in [0.1, 0.15) is 17.6 Å². The minimum Gasteiger partial charge on any atom is -0.497 e. The first kappa shape index (κ1) is 13.3. The first-order valence-corrected chi connectivity index (χ1v) is 6.91. The molecule has 0 fully saturated rings. The second-order valence-corrected chi connectivity index (χ2v) is 5.34. The predicted molar refractivity (Wildman–Crippen MR) is 79.4 cm³/mol. The fourth-order valence-corrected chi connectivity index (χ4v) is 2.68. The normalized spacial score (nSPS) is 20.9. The lowest BCUT2D eigenvalue weighted by Crippen LogP contribution is -2.24. The summed E-state index contributed by atoms with van der Waals surface area (Å²) in [7, 11) is 1.65. The van der Waals surface area contributed by atoms with Crippen LogP contribution < -0.4 is 15.2 Å². The number of halogens is 1. The minimum atomic E-state index is -0.0652. The van der Waals surface area contributed by atoms with Crippen LogP contribution in [0.25, 0.3) is 0 Å². The van der Waals surface area contributed by atoms with Crippen LogP contribution in [0.15, 0.2) is 42.5 Å². The van der Waals surface area contributed by atoms with E-state index in [2.05, 4.69) is 0 Å². The van der Waals surface area contributed by atoms with Crippen LogP contribution >= 0.6 is 11.6 Å². The van der Waals surface area contributed by atoms with Gasteiger partial charge in [0.25, 0.3) is 0 Å². The molecule has 3 nitrogen and oxygen atoms in total. The molecule has 1 aliphatic heterocycles. The molecule has 1 heterocycles. The molecule has 2 aromatic carbocycles. The molecular formula is C16H16ClNO2. The summed E-state index contributed by atoms with van der Waals surface area (Å²) >= 11 is 6.00. The van der Waals surface area contributed by atoms with Crippen LogP contribution in [0.1, 0.15) is 29.7 Å². The molecule has 2 aromatic rings. The van der Waals surface area contributed by atoms with Crippen molar-refractivity contribution in [1.82, 2.24) is 0 Å². The lowest BCUT2D eigenvalue weighted by atomic mass is 9.93. The number of benzene rings is 2. The molecule has 0 saturated heterocycles. The van der Waals surface area contributed by atoms with E-state index in [-0.39, 0.29) is 12.1 Å². The molecule has 2 atom stereocenters. The fraction of sp³-hybridized carbons (Fsp3) is 0.250. The van der Waals surface area contributed by atoms with E-state index in [9.17, 15) is 0 Å². The van der Waals surface area contributed by atoms with Gasteiger partial charge in [0.15, 0.2) is 0 Å². The third-order valence-electron chi connectivity index (χ3n) is 3.60. The van der Waals surface area contributed by atoms with Gasteiger partial charge in [-0.2, -0.15) is 0 Å². The molecule has 0 amide bonds. The van der Waals surface area contributed by atoms with E-state index < -0.39 is 0 Å². The number of ether oxygens (including phenoxy) is 2. The summed E-state index contributed by atoms with van der Waals surface area (Å²) in [5.41, 5.74) is 8.31. The van der Waals surface area contributed by atoms with E-state index in [1.54, 1.807) is 7.11 Å². The Kier molecular flexibility index (Phi) is 3.55. The van der Waals surface area contributed by atoms with Gasteiger partial charge >= 0.3 is 0 Å². The Hall–Kier alpha value is -1.71. The van der Waals surface area contributed by atoms with Gasteiger partial charge in [0.05, 0.1) is 7.11 Å². The van der Waals surface area contributed by atoms with Crippen LogP contribution in [0.5, 0.6) is 11.5 Å². The Bertz CT molecular complexity index is 612. The Balaban J connectivity index is 1.88. The molecule has 0 radical (unpaired) electrons. The molecule has 4 heteroatoms. The Morgan fingerprint density at radius 3 is 2.65 bits per heavy atom. The van der Waals surface area contributed by atoms with Gasteiger partial charge in [-0.3, -0.25) is 0 Å². The number of rotatable bonds is 2. The number of fused-ring (bicyclic) bond motifs is 1. The largest absolute Gasteiger partial charge is 0.497 e. The second kappa shape index (κ2) is 5.35. The zero-order chi connectivity index (χ0) is 14.1. The lowest BCUT2D eigenvalue weighted by molar-refractivity contribution is 0.161. The second-order valence-electron chi connectivity index (χ2n) is 4.90. The molecule has 0 spiro atoms. The third-order valence-corrected chi connectivity index (χ3v) is 3.83. The SMILES string of the molecule is COc1ccc(C2C[C@H](N)c3cc(Cl)ccc3O2)cc1. The van der Waals surface area contributed by atoms with Crippen LogP contribution in [-0.2, 0) is 0 Å². The Morgan fingerprint density at radius 2 is 1.95 bits per heavy atom. The lowest BCUT2D eigenvalue weighted by Gasteiger charge is -2.30. The zero-order valence-corrected chi connectivity index (χ0v) is 11.9. The predicted octanol–water partition coefficient (Wildman–Crippen LogP) is 3.87. The summed E-state index contributed by atoms with van der Waals surface area (Å²) < 4.78 is 11.2. The van der Waals surface area contributed by atoms with E-state index in [4.69, 9.17) is 26.8 Å². The van der Waals surface area contributed by atoms with Crippen molar-refractivity contribution in [1.29, 1.82) is 0 Å². The van der Waals surface area contributed by atoms with Crippen molar-refractivity contribution in [3.05, 3.63) is 58.6 Å². The molecule has 1 unspecified atom stereocenters. The van der Waals surface area contributed by atoms with E-state index in [1.807, 2.05) is 42.5 Å². The summed E-state index contributed by atoms with van der Waals surface area (Å²) in [6.07, 6.45) is 0.698. The summed E-state index contributed by atoms with van der Waals surface area (Å²) in [6, 6.07) is 13.4. The van der Waals surface area contributed by atoms with Crippen molar-refractivity contribution in [2.24, 2.45) is 5.73 Å². The van der Waals surface area contributed by atoms with Crippen LogP contribution in [0.4, 0.5) is 0 Å². The molecule has 2 N–H and O–H groups in total. The molecule has 0 aromatic heterocycles. The number of nitrogens with two attached hydrogens (primary N) is 1. The topological polar surface area (TPSA) is 44.5 Å². The molecular weight excluding hydrogens is 274 g/mol. The van der Waals surface area contributed by atoms with Crippen LogP contribution in [0.3, 0.4) is 0 Å². The monoisotopic (exact) mass is 289 g/mol. The molecule has 1 aliphatic rings. The van der Waals surface area contributed by atoms with Gasteiger partial charge in [0, 0.05) is 23.0 Å². The van der Waals surface area contributed by atoms with E-state index in [0.29, 0.717) is 5.02 Å². The minimum absolute atomic E-state index is 0.0374. The average Bonchev–Trinajstić information content (AvgIpc) is 2.48. The van der Waals surface area contributed by atoms with Gasteiger partial charge in [-0.15, -0.1) is 0 Å². The first-order valence-electron chi connectivity index (χ1n) is 6.53. The van der Waals surface area contributed by atoms with Gasteiger partial charge in [-0.25, -0.2) is 0 Å². The number of hydrogen-bond acceptors (Lipinski definition) is 3. The molecule has 0 saturated carbocycles. The maximum Gasteiger partial charge on any atom is 0.126 e. The Morgan fingerprint density at radius 1 is 1.20 bits per heavy atom. The van der Waals surface area contributed by atoms with Gasteiger partial charge in [-0.1, -0.05) is 23.7 Å². The van der Waals surface area contributed by atoms with Crippen molar-refractivity contribution < 1.29 is 9.47 Å². The number of hydrogen-bond donors (Lipinski definition) is 1. The van der Waals surface area contributed by atoms with Gasteiger partial charge < -0.3 is 15.2 Å². The highest BCUT2D eigenvalue weighted by Gasteiger charge is 2.27. The Labute approximate surface area is 123 Å². The summed E-state index contributed by atoms with van der Waals surface area (Å²) in [6.45, 7) is 0. The van der Waals surface area contributed by atoms with Crippen molar-refractivity contribution in [2.75, 3.05) is 7.11 Å². The van der Waals surface area contributed by atoms with Crippen molar-refractivity contribution in [3.63, 3.8) is 0 Å². The summed E-state index contributed by atoms with van der Waals surface area (Å²) in [4.78, 5) is 0. The standard InChI is InChI=1S/C16H16ClNO2/c1-19-12-5-2-10(3-6-12)16-9-14(18)13-8-11(17)4-7-15(13)20-16/h2-8,14,16H,9,18H2,1H3/t14-,16?/m0/s1. The smallest absolute Gasteiger partial charge is 0.126 e. The van der Waals surface area contributed by atoms with Crippen molar-refractivity contribution in [3.8, 4) is 11.5 Å². The van der Waals surface area contributed by atoms with E-state index >= 15 is 0 Å². The quantitative estimate of drug-likeness (QED) is 0.913. The highest BCUT2D eigenvalue weighted by molar-refractivity contribution is 6.30. The van der Waals surface area contributed by atoms with E-state index in [1.165, 1.54) is 0 Å². The molecule has 104 valence electrons. The van der Waals surface area contributed by atoms with Gasteiger partial charge in [-0.05, 0) is 35.9 Å². The van der Waals surface area contributed by atoms with Crippen LogP contribution in [-0.4, -0.2) is 7.11 Å². The first-order chi connectivity index (χ1) is 9.67. The molecule has 20 heavy (non-hydrogen) atoms. The maximum absolute atomic E-state index is 6.24. The maximum atomic E-state index is 6.24. The van der Waals surface area contributed by atoms with Crippen molar-refractivity contribution >= 4 is 11.6 Å².